The third-order valence-electron chi connectivity index (χ3n) is 3.60. The highest BCUT2D eigenvalue weighted by Gasteiger charge is 2.21. The van der Waals surface area contributed by atoms with E-state index in [1.165, 1.54) is 31.2 Å². The van der Waals surface area contributed by atoms with Crippen LogP contribution in [0.5, 0.6) is 0 Å². The fourth-order valence-corrected chi connectivity index (χ4v) is 2.73. The number of hydrogen-bond acceptors (Lipinski definition) is 2. The smallest absolute Gasteiger partial charge is 0.0365 e. The quantitative estimate of drug-likeness (QED) is 0.761. The molecule has 0 heterocycles. The van der Waals surface area contributed by atoms with Crippen molar-refractivity contribution in [1.82, 2.24) is 0 Å². The second-order valence-corrected chi connectivity index (χ2v) is 5.11. The first-order valence-corrected chi connectivity index (χ1v) is 6.29. The van der Waals surface area contributed by atoms with Gasteiger partial charge in [-0.15, -0.1) is 0 Å². The van der Waals surface area contributed by atoms with Gasteiger partial charge in [-0.3, -0.25) is 0 Å². The molecular weight excluding hydrogens is 196 g/mol. The minimum absolute atomic E-state index is 0.559. The number of hydrogen-bond donors (Lipinski definition) is 2. The number of aryl methyl sites for hydroxylation is 1. The van der Waals surface area contributed by atoms with Crippen LogP contribution in [-0.2, 0) is 0 Å². The molecule has 16 heavy (non-hydrogen) atoms. The number of nitrogens with one attached hydrogen (secondary N) is 1. The lowest BCUT2D eigenvalue weighted by Gasteiger charge is -2.22. The largest absolute Gasteiger partial charge is 0.399 e. The first-order valence-electron chi connectivity index (χ1n) is 6.29. The maximum Gasteiger partial charge on any atom is 0.0365 e. The Morgan fingerprint density at radius 3 is 2.56 bits per heavy atom. The molecule has 1 fully saturated rings. The van der Waals surface area contributed by atoms with Crippen molar-refractivity contribution in [3.63, 3.8) is 0 Å². The Labute approximate surface area is 98.2 Å². The van der Waals surface area contributed by atoms with Gasteiger partial charge in [-0.05, 0) is 56.4 Å². The third kappa shape index (κ3) is 2.69. The van der Waals surface area contributed by atoms with E-state index >= 15 is 0 Å². The van der Waals surface area contributed by atoms with Crippen LogP contribution in [0, 0.1) is 12.8 Å². The molecule has 0 saturated heterocycles. The average Bonchev–Trinajstić information content (AvgIpc) is 2.68. The third-order valence-corrected chi connectivity index (χ3v) is 3.60. The molecule has 88 valence electrons. The summed E-state index contributed by atoms with van der Waals surface area (Å²) in [6.45, 7) is 4.37. The van der Waals surface area contributed by atoms with E-state index in [9.17, 15) is 0 Å². The minimum atomic E-state index is 0.559. The van der Waals surface area contributed by atoms with Crippen LogP contribution in [0.4, 0.5) is 11.4 Å². The second kappa shape index (κ2) is 4.77. The van der Waals surface area contributed by atoms with Gasteiger partial charge in [0, 0.05) is 17.4 Å². The zero-order valence-electron chi connectivity index (χ0n) is 10.3. The first-order chi connectivity index (χ1) is 7.65. The minimum Gasteiger partial charge on any atom is -0.399 e. The van der Waals surface area contributed by atoms with Gasteiger partial charge in [-0.1, -0.05) is 12.8 Å². The molecule has 0 radical (unpaired) electrons. The van der Waals surface area contributed by atoms with Gasteiger partial charge in [0.2, 0.25) is 0 Å². The number of nitrogens with two attached hydrogens (primary N) is 1. The predicted molar refractivity (Wildman–Crippen MR) is 70.6 cm³/mol. The lowest BCUT2D eigenvalue weighted by atomic mass is 9.99. The highest BCUT2D eigenvalue weighted by Crippen LogP contribution is 2.29. The van der Waals surface area contributed by atoms with E-state index in [2.05, 4.69) is 25.2 Å². The van der Waals surface area contributed by atoms with Crippen LogP contribution >= 0.6 is 0 Å². The lowest BCUT2D eigenvalue weighted by Crippen LogP contribution is -2.23. The molecule has 0 amide bonds. The van der Waals surface area contributed by atoms with Crippen LogP contribution in [0.15, 0.2) is 18.2 Å². The first kappa shape index (κ1) is 11.3. The van der Waals surface area contributed by atoms with Gasteiger partial charge in [-0.25, -0.2) is 0 Å². The maximum atomic E-state index is 5.85. The molecule has 2 nitrogen and oxygen atoms in total. The summed E-state index contributed by atoms with van der Waals surface area (Å²) in [4.78, 5) is 0. The Kier molecular flexibility index (Phi) is 3.37. The molecule has 2 rings (SSSR count). The summed E-state index contributed by atoms with van der Waals surface area (Å²) in [5, 5.41) is 3.59. The van der Waals surface area contributed by atoms with Gasteiger partial charge in [0.15, 0.2) is 0 Å². The lowest BCUT2D eigenvalue weighted by molar-refractivity contribution is 0.482. The van der Waals surface area contributed by atoms with Crippen molar-refractivity contribution in [3.8, 4) is 0 Å². The average molecular weight is 218 g/mol. The van der Waals surface area contributed by atoms with Crippen molar-refractivity contribution < 1.29 is 0 Å². The second-order valence-electron chi connectivity index (χ2n) is 5.11. The van der Waals surface area contributed by atoms with E-state index in [0.717, 1.165) is 17.3 Å². The summed E-state index contributed by atoms with van der Waals surface area (Å²) >= 11 is 0. The van der Waals surface area contributed by atoms with Gasteiger partial charge in [-0.2, -0.15) is 0 Å². The zero-order valence-corrected chi connectivity index (χ0v) is 10.3. The molecule has 1 unspecified atom stereocenters. The fourth-order valence-electron chi connectivity index (χ4n) is 2.73. The van der Waals surface area contributed by atoms with Crippen molar-refractivity contribution in [3.05, 3.63) is 23.8 Å². The normalized spacial score (nSPS) is 18.6. The van der Waals surface area contributed by atoms with Crippen molar-refractivity contribution in [2.24, 2.45) is 5.92 Å². The van der Waals surface area contributed by atoms with Gasteiger partial charge in [0.05, 0.1) is 0 Å². The summed E-state index contributed by atoms with van der Waals surface area (Å²) in [6, 6.07) is 6.76. The van der Waals surface area contributed by atoms with Crippen molar-refractivity contribution in [2.75, 3.05) is 11.1 Å². The van der Waals surface area contributed by atoms with Crippen LogP contribution in [0.3, 0.4) is 0 Å². The zero-order chi connectivity index (χ0) is 11.5. The summed E-state index contributed by atoms with van der Waals surface area (Å²) < 4.78 is 0. The van der Waals surface area contributed by atoms with E-state index in [4.69, 9.17) is 5.73 Å². The monoisotopic (exact) mass is 218 g/mol. The van der Waals surface area contributed by atoms with E-state index in [1.807, 2.05) is 12.1 Å². The molecule has 0 aliphatic heterocycles. The molecule has 3 N–H and O–H groups in total. The van der Waals surface area contributed by atoms with E-state index < -0.39 is 0 Å². The SMILES string of the molecule is Cc1cc(N)cc(NC(C)C2CCCC2)c1. The number of rotatable bonds is 3. The molecule has 1 atom stereocenters. The molecule has 1 aliphatic rings. The van der Waals surface area contributed by atoms with E-state index in [1.54, 1.807) is 0 Å². The van der Waals surface area contributed by atoms with Crippen molar-refractivity contribution >= 4 is 11.4 Å². The number of nitrogen functional groups attached to an aromatic ring is 1. The summed E-state index contributed by atoms with van der Waals surface area (Å²) in [5.41, 5.74) is 9.08. The fraction of sp³-hybridized carbons (Fsp3) is 0.571. The maximum absolute atomic E-state index is 5.85. The topological polar surface area (TPSA) is 38.0 Å². The van der Waals surface area contributed by atoms with Gasteiger partial charge in [0.1, 0.15) is 0 Å². The van der Waals surface area contributed by atoms with E-state index in [0.29, 0.717) is 6.04 Å². The van der Waals surface area contributed by atoms with Gasteiger partial charge >= 0.3 is 0 Å². The molecule has 1 aliphatic carbocycles. The highest BCUT2D eigenvalue weighted by atomic mass is 14.9. The van der Waals surface area contributed by atoms with Crippen LogP contribution in [0.2, 0.25) is 0 Å². The molecule has 2 heteroatoms. The van der Waals surface area contributed by atoms with Crippen molar-refractivity contribution in [2.45, 2.75) is 45.6 Å². The Balaban J connectivity index is 2.02. The Morgan fingerprint density at radius 1 is 1.25 bits per heavy atom. The Hall–Kier alpha value is -1.18. The van der Waals surface area contributed by atoms with Crippen molar-refractivity contribution in [1.29, 1.82) is 0 Å². The standard InChI is InChI=1S/C14H22N2/c1-10-7-13(15)9-14(8-10)16-11(2)12-5-3-4-6-12/h7-9,11-12,16H,3-6,15H2,1-2H3. The van der Waals surface area contributed by atoms with E-state index in [-0.39, 0.29) is 0 Å². The molecule has 1 aromatic carbocycles. The summed E-state index contributed by atoms with van der Waals surface area (Å²) in [7, 11) is 0. The van der Waals surface area contributed by atoms with Gasteiger partial charge in [0.25, 0.3) is 0 Å². The summed E-state index contributed by atoms with van der Waals surface area (Å²) in [6.07, 6.45) is 5.53. The molecule has 0 aromatic heterocycles. The molecule has 0 spiro atoms. The van der Waals surface area contributed by atoms with Gasteiger partial charge < -0.3 is 11.1 Å². The number of benzene rings is 1. The van der Waals surface area contributed by atoms with Crippen LogP contribution in [-0.4, -0.2) is 6.04 Å². The summed E-state index contributed by atoms with van der Waals surface area (Å²) in [5.74, 6) is 0.835. The van der Waals surface area contributed by atoms with Crippen LogP contribution in [0.1, 0.15) is 38.2 Å². The molecule has 0 bridgehead atoms. The predicted octanol–water partition coefficient (Wildman–Crippen LogP) is 3.57. The molecule has 1 saturated carbocycles. The Morgan fingerprint density at radius 2 is 1.94 bits per heavy atom. The molecule has 1 aromatic rings. The number of anilines is 2. The molecular formula is C14H22N2. The highest BCUT2D eigenvalue weighted by molar-refractivity contribution is 5.57. The van der Waals surface area contributed by atoms with Crippen LogP contribution in [0.25, 0.3) is 0 Å². The Bertz CT molecular complexity index is 334. The van der Waals surface area contributed by atoms with Crippen LogP contribution < -0.4 is 11.1 Å².